The molecule has 0 spiro atoms. The van der Waals surface area contributed by atoms with E-state index in [4.69, 9.17) is 4.74 Å². The van der Waals surface area contributed by atoms with Gasteiger partial charge in [-0.1, -0.05) is 0 Å². The van der Waals surface area contributed by atoms with Crippen molar-refractivity contribution in [3.8, 4) is 0 Å². The molecule has 0 atom stereocenters. The van der Waals surface area contributed by atoms with E-state index in [2.05, 4.69) is 10.3 Å². The second-order valence-electron chi connectivity index (χ2n) is 3.04. The third-order valence-electron chi connectivity index (χ3n) is 2.05. The normalized spacial score (nSPS) is 13.9. The molecular weight excluding hydrogens is 236 g/mol. The molecule has 1 aliphatic rings. The van der Waals surface area contributed by atoms with Gasteiger partial charge in [0, 0.05) is 24.4 Å². The van der Waals surface area contributed by atoms with E-state index in [0.717, 1.165) is 25.2 Å². The van der Waals surface area contributed by atoms with Crippen LogP contribution in [0.5, 0.6) is 0 Å². The summed E-state index contributed by atoms with van der Waals surface area (Å²) in [6, 6.07) is 0. The maximum Gasteiger partial charge on any atom is 0.367 e. The summed E-state index contributed by atoms with van der Waals surface area (Å²) in [6.45, 7) is 3.97. The van der Waals surface area contributed by atoms with Crippen LogP contribution in [-0.2, 0) is 17.7 Å². The van der Waals surface area contributed by atoms with Crippen molar-refractivity contribution in [3.05, 3.63) is 15.6 Å². The van der Waals surface area contributed by atoms with Crippen LogP contribution in [0.15, 0.2) is 0 Å². The number of thiazole rings is 1. The summed E-state index contributed by atoms with van der Waals surface area (Å²) in [6.07, 6.45) is 0.908. The molecule has 0 saturated carbocycles. The van der Waals surface area contributed by atoms with E-state index in [1.165, 1.54) is 16.2 Å². The SMILES string of the molecule is CCOC(=O)c1nc2c(s1)CNCC2.Cl. The van der Waals surface area contributed by atoms with Crippen LogP contribution in [0.3, 0.4) is 0 Å². The van der Waals surface area contributed by atoms with Gasteiger partial charge in [0.15, 0.2) is 0 Å². The number of carbonyl (C=O) groups excluding carboxylic acids is 1. The largest absolute Gasteiger partial charge is 0.461 e. The first-order valence-electron chi connectivity index (χ1n) is 4.67. The molecule has 2 rings (SSSR count). The average Bonchev–Trinajstić information content (AvgIpc) is 2.61. The number of esters is 1. The van der Waals surface area contributed by atoms with Gasteiger partial charge in [0.1, 0.15) is 0 Å². The number of hydrogen-bond donors (Lipinski definition) is 1. The van der Waals surface area contributed by atoms with Crippen LogP contribution < -0.4 is 5.32 Å². The molecule has 0 saturated heterocycles. The Morgan fingerprint density at radius 3 is 3.13 bits per heavy atom. The van der Waals surface area contributed by atoms with Crippen LogP contribution >= 0.6 is 23.7 Å². The van der Waals surface area contributed by atoms with Gasteiger partial charge in [-0.15, -0.1) is 23.7 Å². The quantitative estimate of drug-likeness (QED) is 0.804. The van der Waals surface area contributed by atoms with Gasteiger partial charge in [-0.2, -0.15) is 0 Å². The zero-order valence-corrected chi connectivity index (χ0v) is 10.0. The van der Waals surface area contributed by atoms with Gasteiger partial charge in [0.25, 0.3) is 0 Å². The summed E-state index contributed by atoms with van der Waals surface area (Å²) in [5.74, 6) is -0.299. The van der Waals surface area contributed by atoms with Crippen molar-refractivity contribution in [2.24, 2.45) is 0 Å². The zero-order chi connectivity index (χ0) is 9.97. The molecule has 0 fully saturated rings. The molecule has 4 nitrogen and oxygen atoms in total. The molecule has 2 heterocycles. The number of carbonyl (C=O) groups is 1. The van der Waals surface area contributed by atoms with Crippen LogP contribution in [0.4, 0.5) is 0 Å². The zero-order valence-electron chi connectivity index (χ0n) is 8.41. The van der Waals surface area contributed by atoms with Gasteiger partial charge in [-0.25, -0.2) is 9.78 Å². The molecule has 0 radical (unpaired) electrons. The van der Waals surface area contributed by atoms with Crippen molar-refractivity contribution in [1.82, 2.24) is 10.3 Å². The lowest BCUT2D eigenvalue weighted by Crippen LogP contribution is -2.22. The van der Waals surface area contributed by atoms with Gasteiger partial charge < -0.3 is 10.1 Å². The molecule has 84 valence electrons. The fourth-order valence-corrected chi connectivity index (χ4v) is 2.38. The molecule has 1 aromatic rings. The fourth-order valence-electron chi connectivity index (χ4n) is 1.41. The number of halogens is 1. The molecule has 1 aromatic heterocycles. The molecule has 1 N–H and O–H groups in total. The van der Waals surface area contributed by atoms with Crippen molar-refractivity contribution in [1.29, 1.82) is 0 Å². The van der Waals surface area contributed by atoms with Crippen molar-refractivity contribution in [2.45, 2.75) is 19.9 Å². The van der Waals surface area contributed by atoms with E-state index < -0.39 is 0 Å². The predicted octanol–water partition coefficient (Wildman–Crippen LogP) is 1.39. The van der Waals surface area contributed by atoms with Gasteiger partial charge in [0.05, 0.1) is 12.3 Å². The highest BCUT2D eigenvalue weighted by molar-refractivity contribution is 7.13. The summed E-state index contributed by atoms with van der Waals surface area (Å²) < 4.78 is 4.89. The van der Waals surface area contributed by atoms with E-state index in [9.17, 15) is 4.79 Å². The molecule has 6 heteroatoms. The lowest BCUT2D eigenvalue weighted by molar-refractivity contribution is 0.0525. The Morgan fingerprint density at radius 1 is 1.67 bits per heavy atom. The van der Waals surface area contributed by atoms with Crippen molar-refractivity contribution < 1.29 is 9.53 Å². The van der Waals surface area contributed by atoms with E-state index >= 15 is 0 Å². The van der Waals surface area contributed by atoms with Crippen molar-refractivity contribution in [3.63, 3.8) is 0 Å². The van der Waals surface area contributed by atoms with Gasteiger partial charge in [-0.3, -0.25) is 0 Å². The van der Waals surface area contributed by atoms with Crippen LogP contribution in [0.25, 0.3) is 0 Å². The lowest BCUT2D eigenvalue weighted by Gasteiger charge is -2.09. The number of nitrogens with zero attached hydrogens (tertiary/aromatic N) is 1. The summed E-state index contributed by atoms with van der Waals surface area (Å²) in [5, 5.41) is 3.73. The summed E-state index contributed by atoms with van der Waals surface area (Å²) in [4.78, 5) is 16.8. The number of ether oxygens (including phenoxy) is 1. The second-order valence-corrected chi connectivity index (χ2v) is 4.12. The minimum atomic E-state index is -0.299. The summed E-state index contributed by atoms with van der Waals surface area (Å²) in [7, 11) is 0. The Hall–Kier alpha value is -0.650. The number of nitrogens with one attached hydrogen (secondary N) is 1. The molecule has 0 aliphatic carbocycles. The molecule has 0 amide bonds. The van der Waals surface area contributed by atoms with Crippen LogP contribution in [0.2, 0.25) is 0 Å². The summed E-state index contributed by atoms with van der Waals surface area (Å²) >= 11 is 1.44. The first-order chi connectivity index (χ1) is 6.81. The Labute approximate surface area is 98.5 Å². The highest BCUT2D eigenvalue weighted by atomic mass is 35.5. The Morgan fingerprint density at radius 2 is 2.47 bits per heavy atom. The Bertz CT molecular complexity index is 330. The van der Waals surface area contributed by atoms with E-state index in [1.807, 2.05) is 0 Å². The first kappa shape index (κ1) is 12.4. The Balaban J connectivity index is 0.00000112. The Kier molecular flexibility index (Phi) is 4.50. The van der Waals surface area contributed by atoms with Gasteiger partial charge in [-0.05, 0) is 6.92 Å². The topological polar surface area (TPSA) is 51.2 Å². The number of fused-ring (bicyclic) bond motifs is 1. The van der Waals surface area contributed by atoms with Crippen LogP contribution in [0.1, 0.15) is 27.3 Å². The van der Waals surface area contributed by atoms with Crippen molar-refractivity contribution in [2.75, 3.05) is 13.2 Å². The van der Waals surface area contributed by atoms with E-state index in [0.29, 0.717) is 11.6 Å². The smallest absolute Gasteiger partial charge is 0.367 e. The minimum absolute atomic E-state index is 0. The van der Waals surface area contributed by atoms with E-state index in [1.54, 1.807) is 6.92 Å². The molecule has 0 unspecified atom stereocenters. The molecule has 0 aromatic carbocycles. The second kappa shape index (κ2) is 5.44. The minimum Gasteiger partial charge on any atom is -0.461 e. The number of rotatable bonds is 2. The molecule has 0 bridgehead atoms. The predicted molar refractivity (Wildman–Crippen MR) is 60.7 cm³/mol. The first-order valence-corrected chi connectivity index (χ1v) is 5.49. The van der Waals surface area contributed by atoms with Gasteiger partial charge >= 0.3 is 5.97 Å². The highest BCUT2D eigenvalue weighted by Crippen LogP contribution is 2.21. The van der Waals surface area contributed by atoms with Crippen LogP contribution in [0, 0.1) is 0 Å². The van der Waals surface area contributed by atoms with Crippen molar-refractivity contribution >= 4 is 29.7 Å². The molecule has 1 aliphatic heterocycles. The maximum absolute atomic E-state index is 11.4. The third kappa shape index (κ3) is 2.68. The fraction of sp³-hybridized carbons (Fsp3) is 0.556. The highest BCUT2D eigenvalue weighted by Gasteiger charge is 2.19. The van der Waals surface area contributed by atoms with Crippen LogP contribution in [-0.4, -0.2) is 24.1 Å². The molecular formula is C9H13ClN2O2S. The average molecular weight is 249 g/mol. The maximum atomic E-state index is 11.4. The van der Waals surface area contributed by atoms with Gasteiger partial charge in [0.2, 0.25) is 5.01 Å². The number of hydrogen-bond acceptors (Lipinski definition) is 5. The monoisotopic (exact) mass is 248 g/mol. The standard InChI is InChI=1S/C9H12N2O2S.ClH/c1-2-13-9(12)8-11-6-3-4-10-5-7(6)14-8;/h10H,2-5H2,1H3;1H. The summed E-state index contributed by atoms with van der Waals surface area (Å²) in [5.41, 5.74) is 1.05. The molecule has 15 heavy (non-hydrogen) atoms. The van der Waals surface area contributed by atoms with E-state index in [-0.39, 0.29) is 18.4 Å². The lowest BCUT2D eigenvalue weighted by atomic mass is 10.2. The third-order valence-corrected chi connectivity index (χ3v) is 3.13. The number of aromatic nitrogens is 1.